The molecule has 0 aromatic heterocycles. The van der Waals surface area contributed by atoms with Crippen molar-refractivity contribution in [1.29, 1.82) is 0 Å². The Labute approximate surface area is 92.9 Å². The van der Waals surface area contributed by atoms with Crippen LogP contribution in [0.3, 0.4) is 0 Å². The Hall–Kier alpha value is -2.05. The van der Waals surface area contributed by atoms with E-state index in [-0.39, 0.29) is 6.07 Å². The summed E-state index contributed by atoms with van der Waals surface area (Å²) >= 11 is 0. The first-order valence-corrected chi connectivity index (χ1v) is 4.20. The molecule has 0 unspecified atom stereocenters. The van der Waals surface area contributed by atoms with Crippen LogP contribution < -0.4 is 0 Å². The summed E-state index contributed by atoms with van der Waals surface area (Å²) in [4.78, 5) is 11.2. The highest BCUT2D eigenvalue weighted by atomic mass is 19.2. The fourth-order valence-electron chi connectivity index (χ4n) is 1.00. The molecule has 7 heteroatoms. The summed E-state index contributed by atoms with van der Waals surface area (Å²) in [5.41, 5.74) is -1.05. The third-order valence-electron chi connectivity index (χ3n) is 1.83. The number of benzene rings is 1. The fraction of sp³-hybridized carbons (Fsp3) is 0.100. The van der Waals surface area contributed by atoms with Crippen LogP contribution in [0, 0.1) is 23.3 Å². The number of aliphatic hydroxyl groups is 1. The normalized spacial score (nSPS) is 11.5. The van der Waals surface area contributed by atoms with Crippen LogP contribution >= 0.6 is 0 Å². The molecular weight excluding hydrogens is 244 g/mol. The molecule has 0 saturated carbocycles. The highest BCUT2D eigenvalue weighted by molar-refractivity contribution is 6.04. The van der Waals surface area contributed by atoms with Crippen molar-refractivity contribution in [1.82, 2.24) is 0 Å². The van der Waals surface area contributed by atoms with E-state index in [0.717, 1.165) is 7.11 Å². The second-order valence-electron chi connectivity index (χ2n) is 2.90. The van der Waals surface area contributed by atoms with Gasteiger partial charge in [-0.3, -0.25) is 4.79 Å². The smallest absolute Gasteiger partial charge is 0.280 e. The van der Waals surface area contributed by atoms with Crippen molar-refractivity contribution < 1.29 is 32.2 Å². The number of ether oxygens (including phenoxy) is 1. The van der Waals surface area contributed by atoms with Gasteiger partial charge in [0.25, 0.3) is 5.95 Å². The third-order valence-corrected chi connectivity index (χ3v) is 1.83. The molecule has 0 spiro atoms. The Balaban J connectivity index is 3.29. The highest BCUT2D eigenvalue weighted by Crippen LogP contribution is 2.19. The summed E-state index contributed by atoms with van der Waals surface area (Å²) in [6.07, 6.45) is 0.398. The van der Waals surface area contributed by atoms with E-state index < -0.39 is 40.6 Å². The molecule has 0 atom stereocenters. The molecule has 0 bridgehead atoms. The molecule has 92 valence electrons. The average molecular weight is 250 g/mol. The molecule has 0 amide bonds. The SMILES string of the molecule is CO/C(O)=C/C(=O)c1cc(F)c(F)c(F)c1F. The zero-order valence-corrected chi connectivity index (χ0v) is 8.43. The van der Waals surface area contributed by atoms with Gasteiger partial charge < -0.3 is 9.84 Å². The first kappa shape index (κ1) is 13.0. The Morgan fingerprint density at radius 1 is 1.24 bits per heavy atom. The number of aliphatic hydroxyl groups excluding tert-OH is 1. The van der Waals surface area contributed by atoms with Gasteiger partial charge in [-0.2, -0.15) is 0 Å². The monoisotopic (exact) mass is 250 g/mol. The van der Waals surface area contributed by atoms with Gasteiger partial charge in [0, 0.05) is 0 Å². The van der Waals surface area contributed by atoms with Gasteiger partial charge in [0.2, 0.25) is 0 Å². The van der Waals surface area contributed by atoms with Crippen LogP contribution in [0.25, 0.3) is 0 Å². The summed E-state index contributed by atoms with van der Waals surface area (Å²) in [5.74, 6) is -9.80. The number of halogens is 4. The quantitative estimate of drug-likeness (QED) is 0.224. The van der Waals surface area contributed by atoms with Gasteiger partial charge in [-0.1, -0.05) is 0 Å². The largest absolute Gasteiger partial charge is 0.481 e. The van der Waals surface area contributed by atoms with Gasteiger partial charge in [-0.25, -0.2) is 17.6 Å². The molecule has 1 aromatic carbocycles. The lowest BCUT2D eigenvalue weighted by atomic mass is 10.1. The first-order valence-electron chi connectivity index (χ1n) is 4.20. The van der Waals surface area contributed by atoms with Gasteiger partial charge in [-0.15, -0.1) is 0 Å². The Morgan fingerprint density at radius 3 is 2.35 bits per heavy atom. The van der Waals surface area contributed by atoms with Crippen LogP contribution in [0.4, 0.5) is 17.6 Å². The van der Waals surface area contributed by atoms with Crippen LogP contribution in [-0.2, 0) is 4.74 Å². The van der Waals surface area contributed by atoms with Crippen LogP contribution in [0.2, 0.25) is 0 Å². The zero-order valence-electron chi connectivity index (χ0n) is 8.43. The second kappa shape index (κ2) is 4.86. The third kappa shape index (κ3) is 2.55. The first-order chi connectivity index (χ1) is 7.88. The number of rotatable bonds is 3. The second-order valence-corrected chi connectivity index (χ2v) is 2.90. The number of hydrogen-bond donors (Lipinski definition) is 1. The topological polar surface area (TPSA) is 46.5 Å². The van der Waals surface area contributed by atoms with Crippen LogP contribution in [0.15, 0.2) is 18.1 Å². The summed E-state index contributed by atoms with van der Waals surface area (Å²) in [7, 11) is 1.02. The average Bonchev–Trinajstić information content (AvgIpc) is 2.30. The predicted octanol–water partition coefficient (Wildman–Crippen LogP) is 2.47. The van der Waals surface area contributed by atoms with Crippen molar-refractivity contribution in [3.63, 3.8) is 0 Å². The lowest BCUT2D eigenvalue weighted by molar-refractivity contribution is 0.0997. The molecular formula is C10H6F4O3. The fourth-order valence-corrected chi connectivity index (χ4v) is 1.00. The van der Waals surface area contributed by atoms with Gasteiger partial charge in [0.05, 0.1) is 18.7 Å². The predicted molar refractivity (Wildman–Crippen MR) is 48.3 cm³/mol. The molecule has 0 saturated heterocycles. The molecule has 0 aliphatic heterocycles. The molecule has 0 radical (unpaired) electrons. The van der Waals surface area contributed by atoms with E-state index >= 15 is 0 Å². The summed E-state index contributed by atoms with van der Waals surface area (Å²) in [5, 5.41) is 8.81. The van der Waals surface area contributed by atoms with E-state index in [1.165, 1.54) is 0 Å². The van der Waals surface area contributed by atoms with Crippen molar-refractivity contribution in [3.8, 4) is 0 Å². The van der Waals surface area contributed by atoms with Crippen molar-refractivity contribution in [2.75, 3.05) is 7.11 Å². The molecule has 1 rings (SSSR count). The van der Waals surface area contributed by atoms with Gasteiger partial charge >= 0.3 is 0 Å². The van der Waals surface area contributed by atoms with Gasteiger partial charge in [-0.05, 0) is 6.07 Å². The standard InChI is InChI=1S/C10H6F4O3/c1-17-7(16)3-6(15)4-2-5(11)9(13)10(14)8(4)12/h2-3,16H,1H3/b7-3+. The minimum Gasteiger partial charge on any atom is -0.481 e. The number of carbonyl (C=O) groups excluding carboxylic acids is 1. The molecule has 0 aliphatic rings. The zero-order chi connectivity index (χ0) is 13.2. The minimum atomic E-state index is -2.10. The van der Waals surface area contributed by atoms with E-state index in [1.807, 2.05) is 0 Å². The summed E-state index contributed by atoms with van der Waals surface area (Å²) in [6.45, 7) is 0. The van der Waals surface area contributed by atoms with Crippen molar-refractivity contribution in [2.45, 2.75) is 0 Å². The summed E-state index contributed by atoms with van der Waals surface area (Å²) in [6, 6.07) is 0.190. The van der Waals surface area contributed by atoms with Gasteiger partial charge in [0.15, 0.2) is 29.1 Å². The summed E-state index contributed by atoms with van der Waals surface area (Å²) < 4.78 is 55.4. The van der Waals surface area contributed by atoms with E-state index in [0.29, 0.717) is 6.08 Å². The lowest BCUT2D eigenvalue weighted by Crippen LogP contribution is -2.07. The number of methoxy groups -OCH3 is 1. The van der Waals surface area contributed by atoms with E-state index in [2.05, 4.69) is 4.74 Å². The maximum atomic E-state index is 13.1. The number of allylic oxidation sites excluding steroid dienone is 1. The van der Waals surface area contributed by atoms with Crippen molar-refractivity contribution >= 4 is 5.78 Å². The maximum absolute atomic E-state index is 13.1. The maximum Gasteiger partial charge on any atom is 0.280 e. The molecule has 0 fully saturated rings. The van der Waals surface area contributed by atoms with Crippen molar-refractivity contribution in [2.24, 2.45) is 0 Å². The Morgan fingerprint density at radius 2 is 1.82 bits per heavy atom. The van der Waals surface area contributed by atoms with Crippen LogP contribution in [0.5, 0.6) is 0 Å². The Kier molecular flexibility index (Phi) is 3.72. The van der Waals surface area contributed by atoms with E-state index in [1.54, 1.807) is 0 Å². The molecule has 0 aliphatic carbocycles. The number of carbonyl (C=O) groups is 1. The molecule has 17 heavy (non-hydrogen) atoms. The van der Waals surface area contributed by atoms with Crippen LogP contribution in [0.1, 0.15) is 10.4 Å². The molecule has 1 N–H and O–H groups in total. The Bertz CT molecular complexity index is 497. The number of ketones is 1. The molecule has 0 heterocycles. The molecule has 1 aromatic rings. The lowest BCUT2D eigenvalue weighted by Gasteiger charge is -2.03. The van der Waals surface area contributed by atoms with Crippen LogP contribution in [-0.4, -0.2) is 18.0 Å². The van der Waals surface area contributed by atoms with E-state index in [4.69, 9.17) is 5.11 Å². The number of hydrogen-bond acceptors (Lipinski definition) is 3. The van der Waals surface area contributed by atoms with Crippen molar-refractivity contribution in [3.05, 3.63) is 46.9 Å². The minimum absolute atomic E-state index is 0.190. The van der Waals surface area contributed by atoms with Gasteiger partial charge in [0.1, 0.15) is 0 Å². The van der Waals surface area contributed by atoms with E-state index in [9.17, 15) is 22.4 Å². The highest BCUT2D eigenvalue weighted by Gasteiger charge is 2.22. The molecule has 3 nitrogen and oxygen atoms in total.